The van der Waals surface area contributed by atoms with Crippen LogP contribution < -0.4 is 14.5 Å². The van der Waals surface area contributed by atoms with Crippen LogP contribution in [-0.4, -0.2) is 23.8 Å². The molecule has 0 fully saturated rings. The van der Waals surface area contributed by atoms with E-state index >= 15 is 0 Å². The Morgan fingerprint density at radius 2 is 2.00 bits per heavy atom. The second kappa shape index (κ2) is 8.78. The highest BCUT2D eigenvalue weighted by Gasteiger charge is 2.21. The lowest BCUT2D eigenvalue weighted by Crippen LogP contribution is -2.24. The molecule has 6 heteroatoms. The molecule has 5 nitrogen and oxygen atoms in total. The zero-order valence-corrected chi connectivity index (χ0v) is 15.7. The molecular formula is C19H23NO4S. The van der Waals surface area contributed by atoms with E-state index in [1.807, 2.05) is 19.1 Å². The molecule has 0 spiro atoms. The van der Waals surface area contributed by atoms with Crippen LogP contribution >= 0.6 is 11.8 Å². The number of hydrogen-bond acceptors (Lipinski definition) is 5. The number of carbonyl (C=O) groups excluding carboxylic acids is 1. The van der Waals surface area contributed by atoms with Gasteiger partial charge in [-0.2, -0.15) is 5.06 Å². The highest BCUT2D eigenvalue weighted by Crippen LogP contribution is 2.34. The first-order valence-electron chi connectivity index (χ1n) is 7.97. The van der Waals surface area contributed by atoms with Gasteiger partial charge < -0.3 is 9.47 Å². The van der Waals surface area contributed by atoms with Crippen LogP contribution in [0.15, 0.2) is 36.4 Å². The first-order chi connectivity index (χ1) is 12.0. The van der Waals surface area contributed by atoms with Crippen LogP contribution in [0.5, 0.6) is 11.5 Å². The number of benzene rings is 2. The number of hydrogen-bond donors (Lipinski definition) is 1. The first kappa shape index (κ1) is 19.1. The number of rotatable bonds is 6. The average molecular weight is 361 g/mol. The van der Waals surface area contributed by atoms with Gasteiger partial charge in [-0.25, -0.2) is 0 Å². The average Bonchev–Trinajstić information content (AvgIpc) is 2.65. The third kappa shape index (κ3) is 4.46. The number of nitrogens with zero attached hydrogens (tertiary/aromatic N) is 1. The molecule has 0 bridgehead atoms. The normalized spacial score (nSPS) is 10.4. The summed E-state index contributed by atoms with van der Waals surface area (Å²) in [5, 5.41) is 10.3. The number of amides is 1. The zero-order valence-electron chi connectivity index (χ0n) is 14.9. The molecule has 0 heterocycles. The highest BCUT2D eigenvalue weighted by molar-refractivity contribution is 8.13. The largest absolute Gasteiger partial charge is 0.494 e. The molecule has 0 aliphatic heterocycles. The smallest absolute Gasteiger partial charge is 0.309 e. The molecule has 1 N–H and O–H groups in total. The van der Waals surface area contributed by atoms with E-state index in [9.17, 15) is 10.0 Å². The Morgan fingerprint density at radius 3 is 2.60 bits per heavy atom. The molecule has 0 saturated carbocycles. The number of hydroxylamine groups is 1. The fourth-order valence-corrected chi connectivity index (χ4v) is 2.78. The van der Waals surface area contributed by atoms with Gasteiger partial charge in [0.1, 0.15) is 23.8 Å². The maximum Gasteiger partial charge on any atom is 0.309 e. The Labute approximate surface area is 152 Å². The first-order valence-corrected chi connectivity index (χ1v) is 9.19. The summed E-state index contributed by atoms with van der Waals surface area (Å²) in [6, 6.07) is 11.4. The van der Waals surface area contributed by atoms with Gasteiger partial charge in [0.25, 0.3) is 0 Å². The summed E-state index contributed by atoms with van der Waals surface area (Å²) in [5.74, 6) is 1.18. The van der Waals surface area contributed by atoms with E-state index in [2.05, 4.69) is 13.0 Å². The molecular weight excluding hydrogens is 338 g/mol. The second-order valence-corrected chi connectivity index (χ2v) is 6.25. The lowest BCUT2D eigenvalue weighted by molar-refractivity contribution is 0.222. The maximum atomic E-state index is 11.9. The molecule has 2 rings (SSSR count). The summed E-state index contributed by atoms with van der Waals surface area (Å²) in [5.41, 5.74) is 3.25. The van der Waals surface area contributed by atoms with E-state index in [1.54, 1.807) is 24.5 Å². The Bertz CT molecular complexity index is 748. The van der Waals surface area contributed by atoms with Gasteiger partial charge in [-0.05, 0) is 42.9 Å². The lowest BCUT2D eigenvalue weighted by Gasteiger charge is -2.21. The minimum Gasteiger partial charge on any atom is -0.494 e. The van der Waals surface area contributed by atoms with Crippen molar-refractivity contribution in [3.05, 3.63) is 53.1 Å². The van der Waals surface area contributed by atoms with E-state index in [4.69, 9.17) is 9.47 Å². The van der Waals surface area contributed by atoms with Crippen LogP contribution in [0.2, 0.25) is 0 Å². The van der Waals surface area contributed by atoms with Crippen molar-refractivity contribution < 1.29 is 19.5 Å². The summed E-state index contributed by atoms with van der Waals surface area (Å²) < 4.78 is 11.2. The maximum absolute atomic E-state index is 11.9. The minimum absolute atomic E-state index is 0.206. The van der Waals surface area contributed by atoms with E-state index in [1.165, 1.54) is 12.7 Å². The summed E-state index contributed by atoms with van der Waals surface area (Å²) in [7, 11) is 1.49. The molecule has 25 heavy (non-hydrogen) atoms. The van der Waals surface area contributed by atoms with Crippen molar-refractivity contribution >= 4 is 22.7 Å². The predicted octanol–water partition coefficient (Wildman–Crippen LogP) is 4.82. The van der Waals surface area contributed by atoms with Crippen LogP contribution in [0, 0.1) is 6.92 Å². The van der Waals surface area contributed by atoms with Crippen LogP contribution in [0.4, 0.5) is 10.5 Å². The van der Waals surface area contributed by atoms with Gasteiger partial charge in [-0.3, -0.25) is 10.0 Å². The molecule has 0 atom stereocenters. The van der Waals surface area contributed by atoms with Crippen LogP contribution in [0.3, 0.4) is 0 Å². The molecule has 0 saturated heterocycles. The highest BCUT2D eigenvalue weighted by atomic mass is 32.2. The summed E-state index contributed by atoms with van der Waals surface area (Å²) in [4.78, 5) is 11.9. The number of para-hydroxylation sites is 1. The van der Waals surface area contributed by atoms with Gasteiger partial charge in [-0.1, -0.05) is 43.0 Å². The minimum atomic E-state index is -0.491. The quantitative estimate of drug-likeness (QED) is 0.590. The summed E-state index contributed by atoms with van der Waals surface area (Å²) in [6.07, 6.45) is 2.58. The molecule has 134 valence electrons. The number of methoxy groups -OCH3 is 1. The Balaban J connectivity index is 2.29. The standard InChI is InChI=1S/C19H23NO4S/c1-5-14-9-10-16(13(2)11-14)24-12-15-7-6-8-17(23-3)18(15)20(22)19(21)25-4/h6-11,22H,5,12H2,1-4H3. The summed E-state index contributed by atoms with van der Waals surface area (Å²) >= 11 is 0.917. The van der Waals surface area contributed by atoms with Crippen LogP contribution in [0.25, 0.3) is 0 Å². The molecule has 0 aromatic heterocycles. The van der Waals surface area contributed by atoms with Crippen molar-refractivity contribution in [1.82, 2.24) is 0 Å². The van der Waals surface area contributed by atoms with Gasteiger partial charge >= 0.3 is 5.24 Å². The van der Waals surface area contributed by atoms with Crippen LogP contribution in [-0.2, 0) is 13.0 Å². The van der Waals surface area contributed by atoms with Crippen molar-refractivity contribution in [1.29, 1.82) is 0 Å². The molecule has 1 amide bonds. The monoisotopic (exact) mass is 361 g/mol. The van der Waals surface area contributed by atoms with Gasteiger partial charge in [-0.15, -0.1) is 0 Å². The zero-order chi connectivity index (χ0) is 18.4. The van der Waals surface area contributed by atoms with Gasteiger partial charge in [0.2, 0.25) is 0 Å². The topological polar surface area (TPSA) is 59.0 Å². The van der Waals surface area contributed by atoms with E-state index < -0.39 is 5.24 Å². The SMILES string of the molecule is CCc1ccc(OCc2cccc(OC)c2N(O)C(=O)SC)c(C)c1. The van der Waals surface area contributed by atoms with Crippen molar-refractivity contribution in [3.8, 4) is 11.5 Å². The molecule has 0 aliphatic carbocycles. The number of aryl methyl sites for hydroxylation is 2. The fraction of sp³-hybridized carbons (Fsp3) is 0.316. The third-order valence-corrected chi connectivity index (χ3v) is 4.41. The van der Waals surface area contributed by atoms with Crippen molar-refractivity contribution in [2.45, 2.75) is 26.9 Å². The van der Waals surface area contributed by atoms with Crippen LogP contribution in [0.1, 0.15) is 23.6 Å². The molecule has 2 aromatic rings. The molecule has 2 aromatic carbocycles. The Hall–Kier alpha value is -2.18. The van der Waals surface area contributed by atoms with E-state index in [0.29, 0.717) is 22.1 Å². The molecule has 0 aliphatic rings. The van der Waals surface area contributed by atoms with Gasteiger partial charge in [0, 0.05) is 5.56 Å². The number of carbonyl (C=O) groups is 1. The Kier molecular flexibility index (Phi) is 6.73. The number of thioether (sulfide) groups is 1. The number of anilines is 1. The van der Waals surface area contributed by atoms with E-state index in [-0.39, 0.29) is 6.61 Å². The third-order valence-electron chi connectivity index (χ3n) is 3.89. The Morgan fingerprint density at radius 1 is 1.24 bits per heavy atom. The molecule has 0 radical (unpaired) electrons. The van der Waals surface area contributed by atoms with Gasteiger partial charge in [0.05, 0.1) is 7.11 Å². The lowest BCUT2D eigenvalue weighted by atomic mass is 10.1. The van der Waals surface area contributed by atoms with Crippen molar-refractivity contribution in [2.24, 2.45) is 0 Å². The number of ether oxygens (including phenoxy) is 2. The second-order valence-electron chi connectivity index (χ2n) is 5.49. The fourth-order valence-electron chi connectivity index (χ4n) is 2.52. The van der Waals surface area contributed by atoms with Gasteiger partial charge in [0.15, 0.2) is 0 Å². The summed E-state index contributed by atoms with van der Waals surface area (Å²) in [6.45, 7) is 4.31. The van der Waals surface area contributed by atoms with Crippen molar-refractivity contribution in [2.75, 3.05) is 18.4 Å². The molecule has 0 unspecified atom stereocenters. The van der Waals surface area contributed by atoms with Crippen molar-refractivity contribution in [3.63, 3.8) is 0 Å². The van der Waals surface area contributed by atoms with E-state index in [0.717, 1.165) is 29.5 Å². The predicted molar refractivity (Wildman–Crippen MR) is 101 cm³/mol.